The Hall–Kier alpha value is -1.34. The highest BCUT2D eigenvalue weighted by atomic mass is 32.2. The predicted molar refractivity (Wildman–Crippen MR) is 106 cm³/mol. The predicted octanol–water partition coefficient (Wildman–Crippen LogP) is 3.40. The maximum Gasteiger partial charge on any atom is 0.259 e. The molecule has 0 aliphatic heterocycles. The minimum Gasteiger partial charge on any atom is -0.353 e. The second-order valence-electron chi connectivity index (χ2n) is 6.65. The molecule has 2 heterocycles. The third-order valence-electron chi connectivity index (χ3n) is 4.48. The lowest BCUT2D eigenvalue weighted by Crippen LogP contribution is -2.33. The number of thiophene rings is 1. The number of aromatic nitrogens is 2. The Morgan fingerprint density at radius 3 is 3.00 bits per heavy atom. The maximum absolute atomic E-state index is 12.5. The molecule has 0 fully saturated rings. The van der Waals surface area contributed by atoms with E-state index < -0.39 is 0 Å². The molecule has 2 aromatic heterocycles. The Morgan fingerprint density at radius 1 is 1.40 bits per heavy atom. The van der Waals surface area contributed by atoms with Crippen LogP contribution in [-0.4, -0.2) is 27.7 Å². The van der Waals surface area contributed by atoms with Crippen molar-refractivity contribution in [2.75, 3.05) is 5.75 Å². The van der Waals surface area contributed by atoms with Gasteiger partial charge < -0.3 is 10.3 Å². The van der Waals surface area contributed by atoms with Gasteiger partial charge >= 0.3 is 0 Å². The Balaban J connectivity index is 1.63. The summed E-state index contributed by atoms with van der Waals surface area (Å²) in [5.74, 6) is 1.64. The third-order valence-corrected chi connectivity index (χ3v) is 6.60. The highest BCUT2D eigenvalue weighted by Crippen LogP contribution is 2.33. The third kappa shape index (κ3) is 4.44. The van der Waals surface area contributed by atoms with Crippen LogP contribution < -0.4 is 10.9 Å². The molecule has 5 nitrogen and oxygen atoms in total. The first-order valence-electron chi connectivity index (χ1n) is 8.99. The molecular formula is C18H25N3O2S2. The summed E-state index contributed by atoms with van der Waals surface area (Å²) in [5, 5.41) is 3.78. The van der Waals surface area contributed by atoms with Gasteiger partial charge in [-0.05, 0) is 44.6 Å². The Bertz CT molecular complexity index is 812. The van der Waals surface area contributed by atoms with Crippen LogP contribution in [-0.2, 0) is 23.4 Å². The Labute approximate surface area is 156 Å². The summed E-state index contributed by atoms with van der Waals surface area (Å²) in [6.07, 6.45) is 6.46. The monoisotopic (exact) mass is 379 g/mol. The van der Waals surface area contributed by atoms with E-state index in [9.17, 15) is 9.59 Å². The summed E-state index contributed by atoms with van der Waals surface area (Å²) in [6, 6.07) is 0.213. The molecule has 0 aromatic carbocycles. The standard InChI is InChI=1S/C18H25N3O2S2/c1-3-6-11(2)19-15(22)10-24-9-14-20-17(23)16-12-7-4-5-8-13(12)25-18(16)21-14/h11H,3-10H2,1-2H3,(H,19,22)(H,20,21,23)/t11-/m0/s1. The summed E-state index contributed by atoms with van der Waals surface area (Å²) in [4.78, 5) is 34.1. The lowest BCUT2D eigenvalue weighted by molar-refractivity contribution is -0.119. The van der Waals surface area contributed by atoms with Crippen molar-refractivity contribution in [3.63, 3.8) is 0 Å². The number of hydrogen-bond acceptors (Lipinski definition) is 5. The molecule has 2 aromatic rings. The molecule has 3 rings (SSSR count). The van der Waals surface area contributed by atoms with E-state index >= 15 is 0 Å². The average molecular weight is 380 g/mol. The van der Waals surface area contributed by atoms with Gasteiger partial charge in [-0.3, -0.25) is 9.59 Å². The number of aromatic amines is 1. The summed E-state index contributed by atoms with van der Waals surface area (Å²) >= 11 is 3.15. The number of hydrogen-bond donors (Lipinski definition) is 2. The molecule has 25 heavy (non-hydrogen) atoms. The van der Waals surface area contributed by atoms with Crippen molar-refractivity contribution < 1.29 is 4.79 Å². The minimum atomic E-state index is -0.0268. The molecule has 136 valence electrons. The van der Waals surface area contributed by atoms with E-state index in [0.717, 1.165) is 42.3 Å². The van der Waals surface area contributed by atoms with Gasteiger partial charge in [0.15, 0.2) is 0 Å². The Kier molecular flexibility index (Phi) is 6.17. The van der Waals surface area contributed by atoms with Crippen LogP contribution in [0.3, 0.4) is 0 Å². The van der Waals surface area contributed by atoms with Crippen LogP contribution >= 0.6 is 23.1 Å². The number of aryl methyl sites for hydroxylation is 2. The number of nitrogens with one attached hydrogen (secondary N) is 2. The van der Waals surface area contributed by atoms with Crippen molar-refractivity contribution >= 4 is 39.2 Å². The van der Waals surface area contributed by atoms with E-state index in [1.54, 1.807) is 11.3 Å². The number of fused-ring (bicyclic) bond motifs is 3. The lowest BCUT2D eigenvalue weighted by atomic mass is 9.97. The molecule has 7 heteroatoms. The molecule has 0 saturated heterocycles. The molecule has 0 radical (unpaired) electrons. The van der Waals surface area contributed by atoms with Crippen LogP contribution in [0, 0.1) is 0 Å². The maximum atomic E-state index is 12.5. The van der Waals surface area contributed by atoms with Gasteiger partial charge in [-0.1, -0.05) is 13.3 Å². The SMILES string of the molecule is CCC[C@H](C)NC(=O)CSCc1nc2sc3c(c2c(=O)[nH]1)CCCC3. The van der Waals surface area contributed by atoms with Crippen molar-refractivity contribution in [2.24, 2.45) is 0 Å². The number of amides is 1. The quantitative estimate of drug-likeness (QED) is 0.773. The van der Waals surface area contributed by atoms with Crippen LogP contribution in [0.15, 0.2) is 4.79 Å². The normalized spacial score (nSPS) is 15.1. The summed E-state index contributed by atoms with van der Waals surface area (Å²) in [5.41, 5.74) is 1.18. The van der Waals surface area contributed by atoms with E-state index in [4.69, 9.17) is 0 Å². The van der Waals surface area contributed by atoms with Crippen molar-refractivity contribution in [2.45, 2.75) is 64.2 Å². The van der Waals surface area contributed by atoms with Crippen molar-refractivity contribution in [1.29, 1.82) is 0 Å². The summed E-state index contributed by atoms with van der Waals surface area (Å²) in [7, 11) is 0. The van der Waals surface area contributed by atoms with E-state index in [-0.39, 0.29) is 17.5 Å². The van der Waals surface area contributed by atoms with Crippen LogP contribution in [0.2, 0.25) is 0 Å². The number of carbonyl (C=O) groups excluding carboxylic acids is 1. The Morgan fingerprint density at radius 2 is 2.20 bits per heavy atom. The fourth-order valence-electron chi connectivity index (χ4n) is 3.34. The second-order valence-corrected chi connectivity index (χ2v) is 8.72. The fraction of sp³-hybridized carbons (Fsp3) is 0.611. The van der Waals surface area contributed by atoms with Gasteiger partial charge in [0.05, 0.1) is 16.9 Å². The first kappa shape index (κ1) is 18.5. The minimum absolute atomic E-state index is 0.0268. The lowest BCUT2D eigenvalue weighted by Gasteiger charge is -2.12. The first-order valence-corrected chi connectivity index (χ1v) is 11.0. The second kappa shape index (κ2) is 8.36. The van der Waals surface area contributed by atoms with Gasteiger partial charge in [0, 0.05) is 10.9 Å². The largest absolute Gasteiger partial charge is 0.353 e. The molecule has 0 saturated carbocycles. The molecular weight excluding hydrogens is 354 g/mol. The number of thioether (sulfide) groups is 1. The summed E-state index contributed by atoms with van der Waals surface area (Å²) in [6.45, 7) is 4.13. The highest BCUT2D eigenvalue weighted by molar-refractivity contribution is 7.99. The van der Waals surface area contributed by atoms with Crippen LogP contribution in [0.5, 0.6) is 0 Å². The van der Waals surface area contributed by atoms with Crippen LogP contribution in [0.1, 0.15) is 55.8 Å². The molecule has 0 bridgehead atoms. The molecule has 0 unspecified atom stereocenters. The van der Waals surface area contributed by atoms with E-state index in [2.05, 4.69) is 22.2 Å². The zero-order chi connectivity index (χ0) is 17.8. The van der Waals surface area contributed by atoms with E-state index in [0.29, 0.717) is 17.3 Å². The van der Waals surface area contributed by atoms with Gasteiger partial charge in [-0.15, -0.1) is 23.1 Å². The van der Waals surface area contributed by atoms with Crippen molar-refractivity contribution in [1.82, 2.24) is 15.3 Å². The zero-order valence-corrected chi connectivity index (χ0v) is 16.4. The average Bonchev–Trinajstić information content (AvgIpc) is 2.93. The van der Waals surface area contributed by atoms with Crippen molar-refractivity contribution in [3.8, 4) is 0 Å². The van der Waals surface area contributed by atoms with Crippen molar-refractivity contribution in [3.05, 3.63) is 26.6 Å². The molecule has 0 spiro atoms. The zero-order valence-electron chi connectivity index (χ0n) is 14.8. The number of carbonyl (C=O) groups is 1. The number of H-pyrrole nitrogens is 1. The highest BCUT2D eigenvalue weighted by Gasteiger charge is 2.19. The van der Waals surface area contributed by atoms with Gasteiger partial charge in [0.2, 0.25) is 5.91 Å². The van der Waals surface area contributed by atoms with E-state index in [1.807, 2.05) is 6.92 Å². The summed E-state index contributed by atoms with van der Waals surface area (Å²) < 4.78 is 0. The molecule has 1 aliphatic carbocycles. The first-order chi connectivity index (χ1) is 12.1. The van der Waals surface area contributed by atoms with E-state index in [1.165, 1.54) is 28.6 Å². The molecule has 2 N–H and O–H groups in total. The molecule has 1 aliphatic rings. The van der Waals surface area contributed by atoms with Crippen LogP contribution in [0.4, 0.5) is 0 Å². The number of rotatable bonds is 7. The van der Waals surface area contributed by atoms with Crippen LogP contribution in [0.25, 0.3) is 10.2 Å². The smallest absolute Gasteiger partial charge is 0.259 e. The van der Waals surface area contributed by atoms with Gasteiger partial charge in [-0.2, -0.15) is 0 Å². The molecule has 1 atom stereocenters. The topological polar surface area (TPSA) is 74.8 Å². The van der Waals surface area contributed by atoms with Gasteiger partial charge in [-0.25, -0.2) is 4.98 Å². The molecule has 1 amide bonds. The fourth-order valence-corrected chi connectivity index (χ4v) is 5.32. The van der Waals surface area contributed by atoms with Gasteiger partial charge in [0.25, 0.3) is 5.56 Å². The number of nitrogens with zero attached hydrogens (tertiary/aromatic N) is 1. The van der Waals surface area contributed by atoms with Gasteiger partial charge in [0.1, 0.15) is 10.7 Å².